The molecule has 4 aromatic rings. The third-order valence-electron chi connectivity index (χ3n) is 3.89. The van der Waals surface area contributed by atoms with Crippen molar-refractivity contribution in [3.63, 3.8) is 0 Å². The van der Waals surface area contributed by atoms with Crippen LogP contribution >= 0.6 is 0 Å². The van der Waals surface area contributed by atoms with Crippen molar-refractivity contribution in [2.75, 3.05) is 0 Å². The molecule has 106 valence electrons. The second-order valence-corrected chi connectivity index (χ2v) is 5.26. The highest BCUT2D eigenvalue weighted by atomic mass is 16.3. The average Bonchev–Trinajstić information content (AvgIpc) is 2.92. The number of pyridine rings is 1. The van der Waals surface area contributed by atoms with Crippen LogP contribution < -0.4 is 0 Å². The van der Waals surface area contributed by atoms with Crippen molar-refractivity contribution in [2.24, 2.45) is 0 Å². The maximum atomic E-state index is 12.6. The van der Waals surface area contributed by atoms with Gasteiger partial charge in [0.1, 0.15) is 5.75 Å². The Morgan fingerprint density at radius 1 is 0.909 bits per heavy atom. The quantitative estimate of drug-likeness (QED) is 0.566. The van der Waals surface area contributed by atoms with Gasteiger partial charge in [-0.2, -0.15) is 0 Å². The van der Waals surface area contributed by atoms with E-state index in [0.717, 1.165) is 16.4 Å². The summed E-state index contributed by atoms with van der Waals surface area (Å²) in [5.41, 5.74) is 2.97. The van der Waals surface area contributed by atoms with Crippen molar-refractivity contribution in [3.05, 3.63) is 84.1 Å². The molecular formula is C19H13NO2. The van der Waals surface area contributed by atoms with Crippen LogP contribution in [0.15, 0.2) is 72.9 Å². The lowest BCUT2D eigenvalue weighted by Gasteiger charge is -2.05. The van der Waals surface area contributed by atoms with E-state index in [-0.39, 0.29) is 11.5 Å². The Labute approximate surface area is 127 Å². The molecule has 0 saturated carbocycles. The maximum Gasteiger partial charge on any atom is 0.198 e. The normalized spacial score (nSPS) is 11.1. The van der Waals surface area contributed by atoms with Gasteiger partial charge in [-0.1, -0.05) is 30.3 Å². The summed E-state index contributed by atoms with van der Waals surface area (Å²) in [5.74, 6) is -0.178. The highest BCUT2D eigenvalue weighted by molar-refractivity contribution is 6.10. The Hall–Kier alpha value is -3.07. The van der Waals surface area contributed by atoms with Crippen LogP contribution in [0.3, 0.4) is 0 Å². The molecule has 0 aliphatic carbocycles. The molecule has 0 bridgehead atoms. The smallest absolute Gasteiger partial charge is 0.198 e. The SMILES string of the molecule is O=C(c1ccc2cc3ccccc3n2c1)c1ccccc1O. The zero-order valence-corrected chi connectivity index (χ0v) is 11.7. The van der Waals surface area contributed by atoms with Crippen molar-refractivity contribution < 1.29 is 9.90 Å². The van der Waals surface area contributed by atoms with Crippen LogP contribution in [0.5, 0.6) is 5.75 Å². The van der Waals surface area contributed by atoms with Crippen molar-refractivity contribution in [2.45, 2.75) is 0 Å². The van der Waals surface area contributed by atoms with E-state index in [1.165, 1.54) is 6.07 Å². The van der Waals surface area contributed by atoms with E-state index in [1.807, 2.05) is 40.9 Å². The lowest BCUT2D eigenvalue weighted by Crippen LogP contribution is -2.03. The summed E-state index contributed by atoms with van der Waals surface area (Å²) in [6.45, 7) is 0. The molecule has 0 amide bonds. The van der Waals surface area contributed by atoms with Crippen molar-refractivity contribution in [1.29, 1.82) is 0 Å². The topological polar surface area (TPSA) is 41.7 Å². The molecule has 3 heteroatoms. The van der Waals surface area contributed by atoms with Gasteiger partial charge in [0, 0.05) is 22.7 Å². The molecule has 1 N–H and O–H groups in total. The molecule has 3 nitrogen and oxygen atoms in total. The minimum absolute atomic E-state index is 0.00459. The summed E-state index contributed by atoms with van der Waals surface area (Å²) >= 11 is 0. The molecule has 0 atom stereocenters. The third-order valence-corrected chi connectivity index (χ3v) is 3.89. The molecule has 2 aromatic carbocycles. The van der Waals surface area contributed by atoms with Gasteiger partial charge >= 0.3 is 0 Å². The first-order valence-electron chi connectivity index (χ1n) is 7.06. The van der Waals surface area contributed by atoms with E-state index in [4.69, 9.17) is 0 Å². The number of para-hydroxylation sites is 2. The van der Waals surface area contributed by atoms with Crippen LogP contribution in [0.1, 0.15) is 15.9 Å². The third kappa shape index (κ3) is 1.87. The van der Waals surface area contributed by atoms with Gasteiger partial charge in [0.05, 0.1) is 11.1 Å². The number of benzene rings is 2. The van der Waals surface area contributed by atoms with Crippen molar-refractivity contribution in [1.82, 2.24) is 4.40 Å². The molecule has 0 spiro atoms. The van der Waals surface area contributed by atoms with Gasteiger partial charge in [-0.25, -0.2) is 0 Å². The molecule has 4 rings (SSSR count). The number of fused-ring (bicyclic) bond motifs is 3. The lowest BCUT2D eigenvalue weighted by molar-refractivity contribution is 0.103. The number of nitrogens with zero attached hydrogens (tertiary/aromatic N) is 1. The van der Waals surface area contributed by atoms with E-state index < -0.39 is 0 Å². The number of aromatic hydroxyl groups is 1. The van der Waals surface area contributed by atoms with Crippen molar-refractivity contribution in [3.8, 4) is 5.75 Å². The fourth-order valence-electron chi connectivity index (χ4n) is 2.78. The predicted molar refractivity (Wildman–Crippen MR) is 86.4 cm³/mol. The summed E-state index contributed by atoms with van der Waals surface area (Å²) in [4.78, 5) is 12.6. The lowest BCUT2D eigenvalue weighted by atomic mass is 10.0. The van der Waals surface area contributed by atoms with Gasteiger partial charge in [0.25, 0.3) is 0 Å². The monoisotopic (exact) mass is 287 g/mol. The van der Waals surface area contributed by atoms with Gasteiger partial charge in [-0.3, -0.25) is 4.79 Å². The number of ketones is 1. The fraction of sp³-hybridized carbons (Fsp3) is 0. The zero-order valence-electron chi connectivity index (χ0n) is 11.7. The number of carbonyl (C=O) groups is 1. The second-order valence-electron chi connectivity index (χ2n) is 5.26. The summed E-state index contributed by atoms with van der Waals surface area (Å²) in [7, 11) is 0. The van der Waals surface area contributed by atoms with E-state index >= 15 is 0 Å². The zero-order chi connectivity index (χ0) is 15.1. The molecule has 0 saturated heterocycles. The standard InChI is InChI=1S/C19H13NO2/c21-18-8-4-2-6-16(18)19(22)14-9-10-15-11-13-5-1-3-7-17(13)20(15)12-14/h1-12,21H. The maximum absolute atomic E-state index is 12.6. The Morgan fingerprint density at radius 3 is 2.55 bits per heavy atom. The second kappa shape index (κ2) is 4.74. The molecule has 0 aliphatic heterocycles. The predicted octanol–water partition coefficient (Wildman–Crippen LogP) is 4.03. The van der Waals surface area contributed by atoms with Crippen LogP contribution in [0.4, 0.5) is 0 Å². The summed E-state index contributed by atoms with van der Waals surface area (Å²) in [5, 5.41) is 11.0. The number of carbonyl (C=O) groups excluding carboxylic acids is 1. The van der Waals surface area contributed by atoms with Gasteiger partial charge in [0.15, 0.2) is 5.78 Å². The van der Waals surface area contributed by atoms with E-state index in [1.54, 1.807) is 24.3 Å². The summed E-state index contributed by atoms with van der Waals surface area (Å²) in [6.07, 6.45) is 1.83. The number of phenolic OH excluding ortho intramolecular Hbond substituents is 1. The summed E-state index contributed by atoms with van der Waals surface area (Å²) < 4.78 is 2.00. The van der Waals surface area contributed by atoms with Crippen LogP contribution in [-0.4, -0.2) is 15.3 Å². The number of hydrogen-bond donors (Lipinski definition) is 1. The molecule has 22 heavy (non-hydrogen) atoms. The molecule has 0 radical (unpaired) electrons. The molecule has 2 aromatic heterocycles. The Morgan fingerprint density at radius 2 is 1.68 bits per heavy atom. The molecular weight excluding hydrogens is 274 g/mol. The Bertz CT molecular complexity index is 1010. The Balaban J connectivity index is 1.91. The number of aromatic nitrogens is 1. The van der Waals surface area contributed by atoms with Crippen LogP contribution in [0.25, 0.3) is 16.4 Å². The molecule has 2 heterocycles. The molecule has 0 aliphatic rings. The van der Waals surface area contributed by atoms with Crippen LogP contribution in [0.2, 0.25) is 0 Å². The van der Waals surface area contributed by atoms with Crippen LogP contribution in [0, 0.1) is 0 Å². The molecule has 0 fully saturated rings. The first-order chi connectivity index (χ1) is 10.7. The summed E-state index contributed by atoms with van der Waals surface area (Å²) in [6, 6.07) is 20.5. The highest BCUT2D eigenvalue weighted by Gasteiger charge is 2.14. The van der Waals surface area contributed by atoms with Crippen molar-refractivity contribution >= 4 is 22.2 Å². The van der Waals surface area contributed by atoms with Gasteiger partial charge in [-0.05, 0) is 36.4 Å². The average molecular weight is 287 g/mol. The minimum atomic E-state index is -0.183. The highest BCUT2D eigenvalue weighted by Crippen LogP contribution is 2.23. The fourth-order valence-corrected chi connectivity index (χ4v) is 2.78. The van der Waals surface area contributed by atoms with Gasteiger partial charge in [0.2, 0.25) is 0 Å². The largest absolute Gasteiger partial charge is 0.507 e. The first-order valence-corrected chi connectivity index (χ1v) is 7.06. The Kier molecular flexibility index (Phi) is 2.73. The number of rotatable bonds is 2. The molecule has 0 unspecified atom stereocenters. The minimum Gasteiger partial charge on any atom is -0.507 e. The van der Waals surface area contributed by atoms with E-state index in [2.05, 4.69) is 6.07 Å². The van der Waals surface area contributed by atoms with Gasteiger partial charge in [-0.15, -0.1) is 0 Å². The van der Waals surface area contributed by atoms with E-state index in [0.29, 0.717) is 11.1 Å². The van der Waals surface area contributed by atoms with Crippen LogP contribution in [-0.2, 0) is 0 Å². The number of phenols is 1. The van der Waals surface area contributed by atoms with Gasteiger partial charge < -0.3 is 9.51 Å². The first kappa shape index (κ1) is 12.7. The van der Waals surface area contributed by atoms with E-state index in [9.17, 15) is 9.90 Å². The number of hydrogen-bond acceptors (Lipinski definition) is 2.